The standard InChI is InChI=1S/C28H51NO5S/c1-3-5-7-9-11-13-14-16-18-20-22-24-28(31)29-26(25-35(32,33)34)27(30)23-21-19-17-15-12-10-8-6-4-2/h9,11-12,15,21,23,26-27,30H,3-8,10,13-14,16-20,22,24-25H2,1-2H3,(H,29,31)(H,32,33,34)/b11-9-,15-12+,23-21+. The number of nitrogens with one attached hydrogen (secondary N) is 1. The molecule has 0 aromatic carbocycles. The minimum absolute atomic E-state index is 0.276. The Morgan fingerprint density at radius 2 is 1.26 bits per heavy atom. The lowest BCUT2D eigenvalue weighted by Crippen LogP contribution is -2.46. The van der Waals surface area contributed by atoms with E-state index < -0.39 is 28.0 Å². The number of rotatable bonds is 23. The minimum Gasteiger partial charge on any atom is -0.387 e. The molecule has 3 N–H and O–H groups in total. The highest BCUT2D eigenvalue weighted by atomic mass is 32.2. The molecule has 0 rings (SSSR count). The summed E-state index contributed by atoms with van der Waals surface area (Å²) in [6.07, 6.45) is 27.1. The maximum Gasteiger partial charge on any atom is 0.267 e. The zero-order valence-corrected chi connectivity index (χ0v) is 23.0. The molecular weight excluding hydrogens is 462 g/mol. The molecule has 35 heavy (non-hydrogen) atoms. The van der Waals surface area contributed by atoms with Crippen molar-refractivity contribution in [2.75, 3.05) is 5.75 Å². The Balaban J connectivity index is 4.24. The summed E-state index contributed by atoms with van der Waals surface area (Å²) in [5.41, 5.74) is 0. The van der Waals surface area contributed by atoms with Crippen molar-refractivity contribution in [1.29, 1.82) is 0 Å². The molecule has 0 aromatic heterocycles. The van der Waals surface area contributed by atoms with Gasteiger partial charge in [0.15, 0.2) is 0 Å². The second-order valence-corrected chi connectivity index (χ2v) is 10.8. The van der Waals surface area contributed by atoms with Gasteiger partial charge in [-0.05, 0) is 51.4 Å². The van der Waals surface area contributed by atoms with Crippen LogP contribution in [0, 0.1) is 0 Å². The minimum atomic E-state index is -4.34. The van der Waals surface area contributed by atoms with Gasteiger partial charge in [-0.3, -0.25) is 9.35 Å². The van der Waals surface area contributed by atoms with Crippen molar-refractivity contribution in [2.24, 2.45) is 0 Å². The van der Waals surface area contributed by atoms with Crippen molar-refractivity contribution in [3.63, 3.8) is 0 Å². The summed E-state index contributed by atoms with van der Waals surface area (Å²) in [4.78, 5) is 12.3. The fourth-order valence-corrected chi connectivity index (χ4v) is 4.41. The number of aliphatic hydroxyl groups is 1. The van der Waals surface area contributed by atoms with Gasteiger partial charge < -0.3 is 10.4 Å². The Kier molecular flexibility index (Phi) is 22.0. The number of hydrogen-bond donors (Lipinski definition) is 3. The fraction of sp³-hybridized carbons (Fsp3) is 0.750. The molecule has 2 unspecified atom stereocenters. The summed E-state index contributed by atoms with van der Waals surface area (Å²) in [5, 5.41) is 13.0. The Labute approximate surface area is 215 Å². The number of amides is 1. The molecule has 0 radical (unpaired) electrons. The Hall–Kier alpha value is -1.44. The third kappa shape index (κ3) is 24.0. The Morgan fingerprint density at radius 1 is 0.743 bits per heavy atom. The zero-order chi connectivity index (χ0) is 26.2. The highest BCUT2D eigenvalue weighted by Gasteiger charge is 2.24. The molecule has 0 heterocycles. The van der Waals surface area contributed by atoms with Crippen LogP contribution in [0.3, 0.4) is 0 Å². The summed E-state index contributed by atoms with van der Waals surface area (Å²) in [6.45, 7) is 4.37. The number of aliphatic hydroxyl groups excluding tert-OH is 1. The Bertz CT molecular complexity index is 700. The first-order valence-electron chi connectivity index (χ1n) is 13.7. The highest BCUT2D eigenvalue weighted by molar-refractivity contribution is 7.85. The van der Waals surface area contributed by atoms with Crippen molar-refractivity contribution in [1.82, 2.24) is 5.32 Å². The first kappa shape index (κ1) is 33.6. The van der Waals surface area contributed by atoms with Gasteiger partial charge in [0.2, 0.25) is 5.91 Å². The van der Waals surface area contributed by atoms with Gasteiger partial charge in [0.1, 0.15) is 0 Å². The monoisotopic (exact) mass is 513 g/mol. The molecule has 0 fully saturated rings. The summed E-state index contributed by atoms with van der Waals surface area (Å²) in [5.74, 6) is -1.02. The predicted molar refractivity (Wildman–Crippen MR) is 147 cm³/mol. The summed E-state index contributed by atoms with van der Waals surface area (Å²) >= 11 is 0. The lowest BCUT2D eigenvalue weighted by Gasteiger charge is -2.21. The number of carbonyl (C=O) groups is 1. The third-order valence-electron chi connectivity index (χ3n) is 5.79. The molecule has 2 atom stereocenters. The van der Waals surface area contributed by atoms with Crippen molar-refractivity contribution >= 4 is 16.0 Å². The van der Waals surface area contributed by atoms with Crippen LogP contribution in [-0.2, 0) is 14.9 Å². The molecule has 1 amide bonds. The van der Waals surface area contributed by atoms with E-state index in [9.17, 15) is 22.9 Å². The van der Waals surface area contributed by atoms with Crippen LogP contribution in [0.15, 0.2) is 36.5 Å². The van der Waals surface area contributed by atoms with E-state index in [1.807, 2.05) is 0 Å². The van der Waals surface area contributed by atoms with E-state index in [4.69, 9.17) is 0 Å². The maximum atomic E-state index is 12.3. The maximum absolute atomic E-state index is 12.3. The summed E-state index contributed by atoms with van der Waals surface area (Å²) < 4.78 is 32.0. The SMILES string of the molecule is CCCC/C=C\CCCCCCCC(=O)NC(CS(=O)(=O)O)C(O)/C=C/CC/C=C/CCCCC. The molecular formula is C28H51NO5S. The van der Waals surface area contributed by atoms with E-state index in [0.29, 0.717) is 12.8 Å². The van der Waals surface area contributed by atoms with E-state index in [0.717, 1.165) is 51.4 Å². The molecule has 0 aliphatic rings. The second-order valence-electron chi connectivity index (χ2n) is 9.31. The van der Waals surface area contributed by atoms with Crippen LogP contribution in [0.1, 0.15) is 117 Å². The van der Waals surface area contributed by atoms with Gasteiger partial charge in [-0.15, -0.1) is 0 Å². The van der Waals surface area contributed by atoms with Crippen molar-refractivity contribution in [2.45, 2.75) is 129 Å². The van der Waals surface area contributed by atoms with Gasteiger partial charge in [-0.1, -0.05) is 95.2 Å². The molecule has 7 heteroatoms. The van der Waals surface area contributed by atoms with Crippen LogP contribution >= 0.6 is 0 Å². The molecule has 0 saturated heterocycles. The number of hydrogen-bond acceptors (Lipinski definition) is 4. The smallest absolute Gasteiger partial charge is 0.267 e. The van der Waals surface area contributed by atoms with E-state index in [1.54, 1.807) is 6.08 Å². The molecule has 0 saturated carbocycles. The lowest BCUT2D eigenvalue weighted by atomic mass is 10.1. The van der Waals surface area contributed by atoms with Gasteiger partial charge >= 0.3 is 0 Å². The van der Waals surface area contributed by atoms with Gasteiger partial charge in [0, 0.05) is 6.42 Å². The zero-order valence-electron chi connectivity index (χ0n) is 22.2. The van der Waals surface area contributed by atoms with E-state index in [1.165, 1.54) is 38.2 Å². The topological polar surface area (TPSA) is 104 Å². The lowest BCUT2D eigenvalue weighted by molar-refractivity contribution is -0.122. The Morgan fingerprint density at radius 3 is 1.89 bits per heavy atom. The van der Waals surface area contributed by atoms with Gasteiger partial charge in [0.25, 0.3) is 10.1 Å². The average molecular weight is 514 g/mol. The van der Waals surface area contributed by atoms with Gasteiger partial charge in [-0.25, -0.2) is 0 Å². The summed E-state index contributed by atoms with van der Waals surface area (Å²) in [6, 6.07) is -1.07. The summed E-state index contributed by atoms with van der Waals surface area (Å²) in [7, 11) is -4.34. The molecule has 0 aromatic rings. The second kappa shape index (κ2) is 23.0. The van der Waals surface area contributed by atoms with Crippen molar-refractivity contribution in [3.8, 4) is 0 Å². The first-order valence-corrected chi connectivity index (χ1v) is 15.3. The van der Waals surface area contributed by atoms with Crippen LogP contribution in [0.4, 0.5) is 0 Å². The average Bonchev–Trinajstić information content (AvgIpc) is 2.80. The molecule has 0 aliphatic heterocycles. The van der Waals surface area contributed by atoms with Crippen LogP contribution in [0.25, 0.3) is 0 Å². The van der Waals surface area contributed by atoms with E-state index >= 15 is 0 Å². The quantitative estimate of drug-likeness (QED) is 0.0804. The molecule has 0 spiro atoms. The van der Waals surface area contributed by atoms with Crippen LogP contribution in [0.2, 0.25) is 0 Å². The highest BCUT2D eigenvalue weighted by Crippen LogP contribution is 2.09. The number of unbranched alkanes of at least 4 members (excludes halogenated alkanes) is 11. The van der Waals surface area contributed by atoms with E-state index in [2.05, 4.69) is 43.5 Å². The molecule has 0 bridgehead atoms. The van der Waals surface area contributed by atoms with Crippen LogP contribution < -0.4 is 5.32 Å². The normalized spacial score (nSPS) is 14.3. The first-order chi connectivity index (χ1) is 16.8. The third-order valence-corrected chi connectivity index (χ3v) is 6.57. The van der Waals surface area contributed by atoms with Gasteiger partial charge in [0.05, 0.1) is 17.9 Å². The molecule has 204 valence electrons. The van der Waals surface area contributed by atoms with Gasteiger partial charge in [-0.2, -0.15) is 8.42 Å². The van der Waals surface area contributed by atoms with E-state index in [-0.39, 0.29) is 12.3 Å². The van der Waals surface area contributed by atoms with Crippen molar-refractivity contribution in [3.05, 3.63) is 36.5 Å². The number of carbonyl (C=O) groups excluding carboxylic acids is 1. The molecule has 0 aliphatic carbocycles. The predicted octanol–water partition coefficient (Wildman–Crippen LogP) is 6.67. The van der Waals surface area contributed by atoms with Crippen molar-refractivity contribution < 1.29 is 22.9 Å². The number of allylic oxidation sites excluding steroid dienone is 5. The largest absolute Gasteiger partial charge is 0.387 e. The van der Waals surface area contributed by atoms with Crippen LogP contribution in [-0.4, -0.2) is 41.9 Å². The van der Waals surface area contributed by atoms with Crippen LogP contribution in [0.5, 0.6) is 0 Å². The molecule has 6 nitrogen and oxygen atoms in total. The fourth-order valence-electron chi connectivity index (χ4n) is 3.68.